The molecule has 1 fully saturated rings. The van der Waals surface area contributed by atoms with Gasteiger partial charge in [-0.25, -0.2) is 8.42 Å². The van der Waals surface area contributed by atoms with Crippen molar-refractivity contribution in [2.75, 3.05) is 46.3 Å². The summed E-state index contributed by atoms with van der Waals surface area (Å²) in [5, 5.41) is 0. The molecule has 156 valence electrons. The van der Waals surface area contributed by atoms with Crippen molar-refractivity contribution in [3.63, 3.8) is 0 Å². The first kappa shape index (κ1) is 22.0. The summed E-state index contributed by atoms with van der Waals surface area (Å²) in [7, 11) is -1.76. The molecule has 1 aliphatic rings. The summed E-state index contributed by atoms with van der Waals surface area (Å²) >= 11 is 3.33. The van der Waals surface area contributed by atoms with E-state index in [1.165, 1.54) is 4.31 Å². The second kappa shape index (κ2) is 9.84. The second-order valence-corrected chi connectivity index (χ2v) is 10.1. The zero-order chi connectivity index (χ0) is 20.9. The Balaban J connectivity index is 1.78. The number of sulfonamides is 1. The minimum absolute atomic E-state index is 0.144. The van der Waals surface area contributed by atoms with Gasteiger partial charge in [0.2, 0.25) is 15.9 Å². The van der Waals surface area contributed by atoms with E-state index in [9.17, 15) is 13.2 Å². The van der Waals surface area contributed by atoms with Gasteiger partial charge < -0.3 is 9.80 Å². The number of hydrogen-bond acceptors (Lipinski definition) is 4. The van der Waals surface area contributed by atoms with Crippen molar-refractivity contribution in [2.24, 2.45) is 0 Å². The van der Waals surface area contributed by atoms with Crippen molar-refractivity contribution < 1.29 is 13.2 Å². The number of amides is 1. The number of halogens is 1. The maximum atomic E-state index is 13.3. The van der Waals surface area contributed by atoms with Crippen LogP contribution in [0.4, 0.5) is 0 Å². The van der Waals surface area contributed by atoms with E-state index in [-0.39, 0.29) is 23.9 Å². The third-order valence-corrected chi connectivity index (χ3v) is 7.50. The quantitative estimate of drug-likeness (QED) is 0.611. The molecule has 0 saturated carbocycles. The number of nitrogens with zero attached hydrogens (tertiary/aromatic N) is 3. The topological polar surface area (TPSA) is 60.9 Å². The molecule has 3 rings (SSSR count). The lowest BCUT2D eigenvalue weighted by atomic mass is 10.1. The number of hydrogen-bond donors (Lipinski definition) is 0. The predicted molar refractivity (Wildman–Crippen MR) is 117 cm³/mol. The summed E-state index contributed by atoms with van der Waals surface area (Å²) in [6.45, 7) is 2.96. The maximum Gasteiger partial charge on any atom is 0.243 e. The van der Waals surface area contributed by atoms with E-state index in [0.717, 1.165) is 23.1 Å². The summed E-state index contributed by atoms with van der Waals surface area (Å²) in [4.78, 5) is 17.0. The predicted octanol–water partition coefficient (Wildman–Crippen LogP) is 2.46. The minimum atomic E-state index is -3.78. The molecule has 0 aliphatic carbocycles. The molecule has 1 heterocycles. The fourth-order valence-corrected chi connectivity index (χ4v) is 4.90. The monoisotopic (exact) mass is 479 g/mol. The Bertz CT molecular complexity index is 912. The SMILES string of the molecule is CN1CCN(C(=O)CN(CCc2ccccc2)S(=O)(=O)c2ccc(Br)cc2)CC1. The Morgan fingerprint density at radius 3 is 2.24 bits per heavy atom. The summed E-state index contributed by atoms with van der Waals surface area (Å²) in [5.74, 6) is -0.146. The van der Waals surface area contributed by atoms with E-state index in [2.05, 4.69) is 20.8 Å². The molecule has 1 amide bonds. The first-order valence-electron chi connectivity index (χ1n) is 9.62. The van der Waals surface area contributed by atoms with Crippen LogP contribution in [0.3, 0.4) is 0 Å². The lowest BCUT2D eigenvalue weighted by Gasteiger charge is -2.33. The van der Waals surface area contributed by atoms with Crippen LogP contribution in [0.1, 0.15) is 5.56 Å². The van der Waals surface area contributed by atoms with Gasteiger partial charge in [-0.1, -0.05) is 46.3 Å². The Morgan fingerprint density at radius 2 is 1.62 bits per heavy atom. The summed E-state index contributed by atoms with van der Waals surface area (Å²) in [6, 6.07) is 16.2. The number of piperazine rings is 1. The molecule has 2 aromatic rings. The smallest absolute Gasteiger partial charge is 0.243 e. The first-order chi connectivity index (χ1) is 13.9. The van der Waals surface area contributed by atoms with Crippen LogP contribution in [-0.2, 0) is 21.2 Å². The van der Waals surface area contributed by atoms with Gasteiger partial charge in [0.1, 0.15) is 0 Å². The molecule has 0 bridgehead atoms. The molecule has 0 atom stereocenters. The number of rotatable bonds is 7. The molecule has 0 radical (unpaired) electrons. The third-order valence-electron chi connectivity index (χ3n) is 5.11. The van der Waals surface area contributed by atoms with E-state index in [1.54, 1.807) is 29.2 Å². The lowest BCUT2D eigenvalue weighted by molar-refractivity contribution is -0.132. The molecule has 1 aliphatic heterocycles. The van der Waals surface area contributed by atoms with Gasteiger partial charge in [-0.2, -0.15) is 4.31 Å². The zero-order valence-corrected chi connectivity index (χ0v) is 18.9. The molecule has 0 aromatic heterocycles. The van der Waals surface area contributed by atoms with Crippen LogP contribution in [0.25, 0.3) is 0 Å². The van der Waals surface area contributed by atoms with Gasteiger partial charge in [0.25, 0.3) is 0 Å². The van der Waals surface area contributed by atoms with E-state index in [0.29, 0.717) is 19.5 Å². The summed E-state index contributed by atoms with van der Waals surface area (Å²) < 4.78 is 28.6. The highest BCUT2D eigenvalue weighted by molar-refractivity contribution is 9.10. The summed E-state index contributed by atoms with van der Waals surface area (Å²) in [6.07, 6.45) is 0.548. The molecule has 8 heteroatoms. The number of carbonyl (C=O) groups is 1. The standard InChI is InChI=1S/C21H26BrN3O3S/c1-23-13-15-24(16-14-23)21(26)17-25(12-11-18-5-3-2-4-6-18)29(27,28)20-9-7-19(22)8-10-20/h2-10H,11-17H2,1H3. The van der Waals surface area contributed by atoms with Gasteiger partial charge in [-0.3, -0.25) is 4.79 Å². The fourth-order valence-electron chi connectivity index (χ4n) is 3.25. The molecule has 6 nitrogen and oxygen atoms in total. The highest BCUT2D eigenvalue weighted by Gasteiger charge is 2.29. The molecule has 2 aromatic carbocycles. The van der Waals surface area contributed by atoms with Gasteiger partial charge in [-0.05, 0) is 43.3 Å². The Kier molecular flexibility index (Phi) is 7.45. The van der Waals surface area contributed by atoms with Crippen molar-refractivity contribution in [1.82, 2.24) is 14.1 Å². The largest absolute Gasteiger partial charge is 0.339 e. The Labute approximate surface area is 181 Å². The van der Waals surface area contributed by atoms with Crippen molar-refractivity contribution in [3.05, 3.63) is 64.6 Å². The van der Waals surface area contributed by atoms with Crippen LogP contribution in [0.5, 0.6) is 0 Å². The van der Waals surface area contributed by atoms with Crippen LogP contribution in [0.15, 0.2) is 64.0 Å². The number of carbonyl (C=O) groups excluding carboxylic acids is 1. The molecular weight excluding hydrogens is 454 g/mol. The van der Waals surface area contributed by atoms with Crippen LogP contribution in [0.2, 0.25) is 0 Å². The highest BCUT2D eigenvalue weighted by atomic mass is 79.9. The average Bonchev–Trinajstić information content (AvgIpc) is 2.72. The zero-order valence-electron chi connectivity index (χ0n) is 16.5. The Hall–Kier alpha value is -1.74. The summed E-state index contributed by atoms with van der Waals surface area (Å²) in [5.41, 5.74) is 1.04. The van der Waals surface area contributed by atoms with Crippen molar-refractivity contribution in [3.8, 4) is 0 Å². The van der Waals surface area contributed by atoms with Gasteiger partial charge in [0.05, 0.1) is 11.4 Å². The van der Waals surface area contributed by atoms with Gasteiger partial charge >= 0.3 is 0 Å². The molecule has 0 unspecified atom stereocenters. The minimum Gasteiger partial charge on any atom is -0.339 e. The molecule has 0 spiro atoms. The van der Waals surface area contributed by atoms with Gasteiger partial charge in [0.15, 0.2) is 0 Å². The van der Waals surface area contributed by atoms with Crippen molar-refractivity contribution >= 4 is 31.9 Å². The van der Waals surface area contributed by atoms with Crippen LogP contribution < -0.4 is 0 Å². The van der Waals surface area contributed by atoms with Crippen molar-refractivity contribution in [2.45, 2.75) is 11.3 Å². The van der Waals surface area contributed by atoms with Gasteiger partial charge in [0, 0.05) is 37.2 Å². The van der Waals surface area contributed by atoms with E-state index < -0.39 is 10.0 Å². The van der Waals surface area contributed by atoms with Crippen LogP contribution in [0, 0.1) is 0 Å². The van der Waals surface area contributed by atoms with Crippen LogP contribution in [-0.4, -0.2) is 74.7 Å². The Morgan fingerprint density at radius 1 is 1.00 bits per heavy atom. The van der Waals surface area contributed by atoms with Gasteiger partial charge in [-0.15, -0.1) is 0 Å². The molecule has 29 heavy (non-hydrogen) atoms. The third kappa shape index (κ3) is 5.88. The van der Waals surface area contributed by atoms with E-state index in [4.69, 9.17) is 0 Å². The highest BCUT2D eigenvalue weighted by Crippen LogP contribution is 2.20. The lowest BCUT2D eigenvalue weighted by Crippen LogP contribution is -2.51. The van der Waals surface area contributed by atoms with Crippen LogP contribution >= 0.6 is 15.9 Å². The number of benzene rings is 2. The number of likely N-dealkylation sites (N-methyl/N-ethyl adjacent to an activating group) is 1. The molecular formula is C21H26BrN3O3S. The first-order valence-corrected chi connectivity index (χ1v) is 11.9. The normalized spacial score (nSPS) is 15.6. The maximum absolute atomic E-state index is 13.3. The molecule has 1 saturated heterocycles. The second-order valence-electron chi connectivity index (χ2n) is 7.21. The van der Waals surface area contributed by atoms with E-state index in [1.807, 2.05) is 37.4 Å². The average molecular weight is 480 g/mol. The van der Waals surface area contributed by atoms with Crippen molar-refractivity contribution in [1.29, 1.82) is 0 Å². The fraction of sp³-hybridized carbons (Fsp3) is 0.381. The van der Waals surface area contributed by atoms with E-state index >= 15 is 0 Å². The molecule has 0 N–H and O–H groups in total.